The molecular formula is C21H22N4O2. The van der Waals surface area contributed by atoms with E-state index in [9.17, 15) is 4.79 Å². The Morgan fingerprint density at radius 2 is 1.63 bits per heavy atom. The summed E-state index contributed by atoms with van der Waals surface area (Å²) >= 11 is 0. The number of hydrogen-bond acceptors (Lipinski definition) is 5. The van der Waals surface area contributed by atoms with Crippen LogP contribution in [0.3, 0.4) is 0 Å². The summed E-state index contributed by atoms with van der Waals surface area (Å²) < 4.78 is 5.76. The molecule has 0 saturated carbocycles. The second-order valence-electron chi connectivity index (χ2n) is 5.97. The molecule has 0 saturated heterocycles. The number of benzene rings is 2. The minimum absolute atomic E-state index is 0.155. The highest BCUT2D eigenvalue weighted by atomic mass is 16.5. The first kappa shape index (κ1) is 18.4. The second kappa shape index (κ2) is 9.33. The van der Waals surface area contributed by atoms with Gasteiger partial charge < -0.3 is 15.4 Å². The van der Waals surface area contributed by atoms with Crippen molar-refractivity contribution < 1.29 is 9.53 Å². The molecule has 3 rings (SSSR count). The number of ether oxygens (including phenoxy) is 1. The van der Waals surface area contributed by atoms with Crippen LogP contribution in [0.2, 0.25) is 0 Å². The summed E-state index contributed by atoms with van der Waals surface area (Å²) in [5.41, 5.74) is 1.28. The smallest absolute Gasteiger partial charge is 0.254 e. The van der Waals surface area contributed by atoms with E-state index in [-0.39, 0.29) is 5.91 Å². The number of nitrogens with zero attached hydrogens (tertiary/aromatic N) is 2. The van der Waals surface area contributed by atoms with Crippen molar-refractivity contribution in [2.75, 3.05) is 11.9 Å². The van der Waals surface area contributed by atoms with E-state index in [4.69, 9.17) is 4.74 Å². The zero-order valence-corrected chi connectivity index (χ0v) is 15.2. The van der Waals surface area contributed by atoms with Crippen LogP contribution in [0, 0.1) is 0 Å². The monoisotopic (exact) mass is 362 g/mol. The molecular weight excluding hydrogens is 340 g/mol. The number of nitrogens with one attached hydrogen (secondary N) is 2. The van der Waals surface area contributed by atoms with Gasteiger partial charge in [-0.15, -0.1) is 0 Å². The number of para-hydroxylation sites is 1. The van der Waals surface area contributed by atoms with Gasteiger partial charge >= 0.3 is 0 Å². The zero-order chi connectivity index (χ0) is 18.9. The van der Waals surface area contributed by atoms with Gasteiger partial charge in [-0.2, -0.15) is 0 Å². The molecule has 2 N–H and O–H groups in total. The largest absolute Gasteiger partial charge is 0.457 e. The first-order valence-electron chi connectivity index (χ1n) is 8.95. The van der Waals surface area contributed by atoms with Crippen molar-refractivity contribution >= 4 is 17.5 Å². The molecule has 0 aliphatic carbocycles. The van der Waals surface area contributed by atoms with E-state index in [2.05, 4.69) is 27.5 Å². The van der Waals surface area contributed by atoms with Crippen LogP contribution < -0.4 is 15.4 Å². The molecule has 6 nitrogen and oxygen atoms in total. The molecule has 0 fully saturated rings. The molecule has 0 atom stereocenters. The van der Waals surface area contributed by atoms with Gasteiger partial charge in [-0.1, -0.05) is 31.5 Å². The number of hydrogen-bond donors (Lipinski definition) is 2. The maximum absolute atomic E-state index is 12.0. The minimum Gasteiger partial charge on any atom is -0.457 e. The molecule has 138 valence electrons. The number of unbranched alkanes of at least 4 members (excludes halogenated alkanes) is 1. The van der Waals surface area contributed by atoms with Crippen LogP contribution in [0.1, 0.15) is 30.1 Å². The topological polar surface area (TPSA) is 76.1 Å². The molecule has 6 heteroatoms. The third-order valence-electron chi connectivity index (χ3n) is 3.82. The summed E-state index contributed by atoms with van der Waals surface area (Å²) in [6.07, 6.45) is 5.03. The molecule has 0 unspecified atom stereocenters. The Morgan fingerprint density at radius 3 is 2.30 bits per heavy atom. The van der Waals surface area contributed by atoms with Crippen LogP contribution >= 0.6 is 0 Å². The number of aromatic nitrogens is 2. The normalized spacial score (nSPS) is 10.3. The molecule has 0 bridgehead atoms. The van der Waals surface area contributed by atoms with E-state index in [0.717, 1.165) is 30.0 Å². The molecule has 0 aliphatic rings. The van der Waals surface area contributed by atoms with Crippen LogP contribution in [-0.2, 0) is 0 Å². The average Bonchev–Trinajstić information content (AvgIpc) is 2.71. The first-order chi connectivity index (χ1) is 13.2. The van der Waals surface area contributed by atoms with Gasteiger partial charge in [0.1, 0.15) is 11.5 Å². The van der Waals surface area contributed by atoms with Gasteiger partial charge in [0, 0.05) is 24.6 Å². The van der Waals surface area contributed by atoms with Gasteiger partial charge in [-0.25, -0.2) is 9.97 Å². The van der Waals surface area contributed by atoms with Gasteiger partial charge in [0.25, 0.3) is 5.91 Å². The van der Waals surface area contributed by atoms with Crippen LogP contribution in [-0.4, -0.2) is 22.4 Å². The lowest BCUT2D eigenvalue weighted by Gasteiger charge is -2.08. The summed E-state index contributed by atoms with van der Waals surface area (Å²) in [5.74, 6) is 1.80. The van der Waals surface area contributed by atoms with Crippen molar-refractivity contribution in [2.45, 2.75) is 19.8 Å². The van der Waals surface area contributed by atoms with Crippen molar-refractivity contribution in [2.24, 2.45) is 0 Å². The average molecular weight is 362 g/mol. The summed E-state index contributed by atoms with van der Waals surface area (Å²) in [5, 5.41) is 5.95. The van der Waals surface area contributed by atoms with Crippen molar-refractivity contribution in [3.05, 3.63) is 72.6 Å². The van der Waals surface area contributed by atoms with Crippen molar-refractivity contribution in [3.8, 4) is 11.5 Å². The number of anilines is 2. The highest BCUT2D eigenvalue weighted by Crippen LogP contribution is 2.23. The van der Waals surface area contributed by atoms with E-state index < -0.39 is 0 Å². The fourth-order valence-electron chi connectivity index (χ4n) is 2.35. The summed E-state index contributed by atoms with van der Waals surface area (Å²) in [4.78, 5) is 20.3. The van der Waals surface area contributed by atoms with E-state index in [1.54, 1.807) is 0 Å². The predicted molar refractivity (Wildman–Crippen MR) is 106 cm³/mol. The van der Waals surface area contributed by atoms with Gasteiger partial charge in [-0.3, -0.25) is 4.79 Å². The van der Waals surface area contributed by atoms with Crippen LogP contribution in [0.4, 0.5) is 11.6 Å². The van der Waals surface area contributed by atoms with Crippen LogP contribution in [0.25, 0.3) is 0 Å². The zero-order valence-electron chi connectivity index (χ0n) is 15.2. The molecule has 0 spiro atoms. The Balaban J connectivity index is 1.56. The van der Waals surface area contributed by atoms with E-state index in [0.29, 0.717) is 18.1 Å². The van der Waals surface area contributed by atoms with Gasteiger partial charge in [-0.05, 0) is 42.8 Å². The van der Waals surface area contributed by atoms with Crippen LogP contribution in [0.5, 0.6) is 11.5 Å². The molecule has 1 amide bonds. The lowest BCUT2D eigenvalue weighted by Crippen LogP contribution is -2.24. The van der Waals surface area contributed by atoms with Crippen molar-refractivity contribution in [1.82, 2.24) is 15.3 Å². The number of carbonyl (C=O) groups excluding carboxylic acids is 1. The van der Waals surface area contributed by atoms with Crippen molar-refractivity contribution in [3.63, 3.8) is 0 Å². The lowest BCUT2D eigenvalue weighted by molar-refractivity contribution is 0.0952. The molecule has 1 aromatic heterocycles. The highest BCUT2D eigenvalue weighted by Gasteiger charge is 2.06. The minimum atomic E-state index is -0.155. The number of carbonyl (C=O) groups is 1. The Labute approximate surface area is 158 Å². The number of amides is 1. The SMILES string of the molecule is CCCCNC(=O)c1cnc(Nc2ccc(Oc3ccccc3)cc2)nc1. The fourth-order valence-corrected chi connectivity index (χ4v) is 2.35. The Kier molecular flexibility index (Phi) is 6.35. The van der Waals surface area contributed by atoms with E-state index >= 15 is 0 Å². The predicted octanol–water partition coefficient (Wildman–Crippen LogP) is 4.54. The summed E-state index contributed by atoms with van der Waals surface area (Å²) in [7, 11) is 0. The molecule has 0 radical (unpaired) electrons. The number of rotatable bonds is 8. The molecule has 1 heterocycles. The lowest BCUT2D eigenvalue weighted by atomic mass is 10.3. The van der Waals surface area contributed by atoms with E-state index in [1.165, 1.54) is 12.4 Å². The second-order valence-corrected chi connectivity index (χ2v) is 5.97. The summed E-state index contributed by atoms with van der Waals surface area (Å²) in [6, 6.07) is 17.1. The molecule has 0 aliphatic heterocycles. The quantitative estimate of drug-likeness (QED) is 0.575. The Bertz CT molecular complexity index is 850. The first-order valence-corrected chi connectivity index (χ1v) is 8.95. The molecule has 2 aromatic carbocycles. The van der Waals surface area contributed by atoms with Crippen LogP contribution in [0.15, 0.2) is 67.0 Å². The third kappa shape index (κ3) is 5.54. The molecule has 3 aromatic rings. The van der Waals surface area contributed by atoms with E-state index in [1.807, 2.05) is 54.6 Å². The third-order valence-corrected chi connectivity index (χ3v) is 3.82. The maximum Gasteiger partial charge on any atom is 0.254 e. The standard InChI is InChI=1S/C21H22N4O2/c1-2-3-13-22-20(26)16-14-23-21(24-15-16)25-17-9-11-19(12-10-17)27-18-7-5-4-6-8-18/h4-12,14-15H,2-3,13H2,1H3,(H,22,26)(H,23,24,25). The highest BCUT2D eigenvalue weighted by molar-refractivity contribution is 5.93. The Morgan fingerprint density at radius 1 is 0.963 bits per heavy atom. The van der Waals surface area contributed by atoms with Gasteiger partial charge in [0.05, 0.1) is 5.56 Å². The van der Waals surface area contributed by atoms with Crippen molar-refractivity contribution in [1.29, 1.82) is 0 Å². The molecule has 27 heavy (non-hydrogen) atoms. The van der Waals surface area contributed by atoms with Gasteiger partial charge in [0.15, 0.2) is 0 Å². The fraction of sp³-hybridized carbons (Fsp3) is 0.190. The van der Waals surface area contributed by atoms with Gasteiger partial charge in [0.2, 0.25) is 5.95 Å². The summed E-state index contributed by atoms with van der Waals surface area (Å²) in [6.45, 7) is 2.74. The Hall–Kier alpha value is -3.41. The maximum atomic E-state index is 12.0.